The van der Waals surface area contributed by atoms with Gasteiger partial charge in [-0.15, -0.1) is 22.7 Å². The third-order valence-corrected chi connectivity index (χ3v) is 6.03. The number of rotatable bonds is 6. The Bertz CT molecular complexity index is 610. The molecule has 3 rings (SSSR count). The maximum absolute atomic E-state index is 11.2. The van der Waals surface area contributed by atoms with Gasteiger partial charge in [-0.1, -0.05) is 18.2 Å². The fourth-order valence-electron chi connectivity index (χ4n) is 3.04. The molecule has 1 N–H and O–H groups in total. The van der Waals surface area contributed by atoms with E-state index in [-0.39, 0.29) is 5.92 Å². The van der Waals surface area contributed by atoms with E-state index in [1.54, 1.807) is 22.7 Å². The molecule has 0 aliphatic carbocycles. The van der Waals surface area contributed by atoms with Crippen LogP contribution >= 0.6 is 22.7 Å². The molecule has 0 aromatic carbocycles. The molecule has 0 radical (unpaired) electrons. The van der Waals surface area contributed by atoms with Gasteiger partial charge in [0.05, 0.1) is 5.92 Å². The smallest absolute Gasteiger partial charge is 0.307 e. The molecule has 1 unspecified atom stereocenters. The quantitative estimate of drug-likeness (QED) is 0.840. The lowest BCUT2D eigenvalue weighted by atomic mass is 9.98. The standard InChI is InChI=1S/C18H21NO2S2/c20-18(21)14-5-1-9-19(13-14)10-2-6-15(16-7-3-11-22-16)17-8-4-12-23-17/h3-4,6-8,11-12,14H,1-2,5,9-10,13H2,(H,20,21). The van der Waals surface area contributed by atoms with Crippen LogP contribution in [0.3, 0.4) is 0 Å². The second kappa shape index (κ2) is 7.90. The Kier molecular flexibility index (Phi) is 5.65. The van der Waals surface area contributed by atoms with E-state index in [1.807, 2.05) is 0 Å². The minimum Gasteiger partial charge on any atom is -0.481 e. The Labute approximate surface area is 144 Å². The van der Waals surface area contributed by atoms with Crippen LogP contribution in [0.15, 0.2) is 41.1 Å². The number of likely N-dealkylation sites (tertiary alicyclic amines) is 1. The molecule has 122 valence electrons. The molecule has 0 spiro atoms. The van der Waals surface area contributed by atoms with Crippen molar-refractivity contribution in [2.75, 3.05) is 19.6 Å². The molecule has 1 fully saturated rings. The number of piperidine rings is 1. The number of carboxylic acid groups (broad SMARTS) is 1. The Balaban J connectivity index is 1.64. The van der Waals surface area contributed by atoms with E-state index >= 15 is 0 Å². The number of carboxylic acids is 1. The van der Waals surface area contributed by atoms with Crippen LogP contribution in [0.1, 0.15) is 29.0 Å². The lowest BCUT2D eigenvalue weighted by molar-refractivity contribution is -0.143. The normalized spacial score (nSPS) is 18.7. The van der Waals surface area contributed by atoms with Crippen LogP contribution in [0, 0.1) is 5.92 Å². The van der Waals surface area contributed by atoms with Crippen LogP contribution in [0.25, 0.3) is 5.57 Å². The molecule has 1 saturated heterocycles. The molecule has 3 heterocycles. The second-order valence-corrected chi connectivity index (χ2v) is 7.73. The van der Waals surface area contributed by atoms with E-state index in [0.29, 0.717) is 6.54 Å². The lowest BCUT2D eigenvalue weighted by Gasteiger charge is -2.30. The van der Waals surface area contributed by atoms with Gasteiger partial charge in [0.2, 0.25) is 0 Å². The highest BCUT2D eigenvalue weighted by atomic mass is 32.1. The predicted octanol–water partition coefficient (Wildman–Crippen LogP) is 4.43. The van der Waals surface area contributed by atoms with E-state index in [2.05, 4.69) is 46.0 Å². The van der Waals surface area contributed by atoms with Gasteiger partial charge < -0.3 is 10.0 Å². The van der Waals surface area contributed by atoms with Crippen LogP contribution < -0.4 is 0 Å². The van der Waals surface area contributed by atoms with Crippen molar-refractivity contribution >= 4 is 34.2 Å². The minimum atomic E-state index is -0.650. The highest BCUT2D eigenvalue weighted by molar-refractivity contribution is 7.13. The first-order valence-corrected chi connectivity index (χ1v) is 9.73. The zero-order valence-electron chi connectivity index (χ0n) is 13.0. The average molecular weight is 348 g/mol. The van der Waals surface area contributed by atoms with Gasteiger partial charge in [-0.05, 0) is 48.7 Å². The SMILES string of the molecule is O=C(O)C1CCCN(CCC=C(c2cccs2)c2cccs2)C1. The number of nitrogens with zero attached hydrogens (tertiary/aromatic N) is 1. The summed E-state index contributed by atoms with van der Waals surface area (Å²) in [6.07, 6.45) is 5.07. The number of thiophene rings is 2. The highest BCUT2D eigenvalue weighted by Gasteiger charge is 2.24. The lowest BCUT2D eigenvalue weighted by Crippen LogP contribution is -2.39. The number of carbonyl (C=O) groups is 1. The van der Waals surface area contributed by atoms with Crippen molar-refractivity contribution in [3.8, 4) is 0 Å². The summed E-state index contributed by atoms with van der Waals surface area (Å²) in [5, 5.41) is 13.4. The average Bonchev–Trinajstić information content (AvgIpc) is 3.25. The molecule has 0 amide bonds. The summed E-state index contributed by atoms with van der Waals surface area (Å²) >= 11 is 3.53. The Morgan fingerprint density at radius 1 is 1.26 bits per heavy atom. The molecule has 0 saturated carbocycles. The summed E-state index contributed by atoms with van der Waals surface area (Å²) in [5.74, 6) is -0.843. The predicted molar refractivity (Wildman–Crippen MR) is 97.1 cm³/mol. The van der Waals surface area contributed by atoms with E-state index in [9.17, 15) is 9.90 Å². The number of hydrogen-bond donors (Lipinski definition) is 1. The van der Waals surface area contributed by atoms with Crippen LogP contribution in [0.5, 0.6) is 0 Å². The summed E-state index contributed by atoms with van der Waals surface area (Å²) in [7, 11) is 0. The second-order valence-electron chi connectivity index (χ2n) is 5.84. The monoisotopic (exact) mass is 347 g/mol. The molecular weight excluding hydrogens is 326 g/mol. The van der Waals surface area contributed by atoms with Crippen molar-refractivity contribution in [1.82, 2.24) is 4.90 Å². The van der Waals surface area contributed by atoms with Crippen molar-refractivity contribution in [3.63, 3.8) is 0 Å². The van der Waals surface area contributed by atoms with Crippen molar-refractivity contribution < 1.29 is 9.90 Å². The third-order valence-electron chi connectivity index (χ3n) is 4.22. The molecular formula is C18H21NO2S2. The Morgan fingerprint density at radius 3 is 2.52 bits per heavy atom. The summed E-state index contributed by atoms with van der Waals surface area (Å²) < 4.78 is 0. The molecule has 1 aliphatic rings. The fourth-order valence-corrected chi connectivity index (χ4v) is 4.66. The van der Waals surface area contributed by atoms with Gasteiger partial charge in [0, 0.05) is 28.4 Å². The van der Waals surface area contributed by atoms with E-state index in [0.717, 1.165) is 32.4 Å². The van der Waals surface area contributed by atoms with Gasteiger partial charge in [-0.25, -0.2) is 0 Å². The first-order chi connectivity index (χ1) is 11.2. The van der Waals surface area contributed by atoms with E-state index in [4.69, 9.17) is 0 Å². The number of aliphatic carboxylic acids is 1. The zero-order chi connectivity index (χ0) is 16.1. The van der Waals surface area contributed by atoms with Gasteiger partial charge in [0.25, 0.3) is 0 Å². The van der Waals surface area contributed by atoms with Crippen molar-refractivity contribution in [3.05, 3.63) is 50.9 Å². The van der Waals surface area contributed by atoms with E-state index < -0.39 is 5.97 Å². The molecule has 2 aromatic rings. The van der Waals surface area contributed by atoms with Gasteiger partial charge in [0.1, 0.15) is 0 Å². The first-order valence-electron chi connectivity index (χ1n) is 7.97. The minimum absolute atomic E-state index is 0.193. The molecule has 23 heavy (non-hydrogen) atoms. The van der Waals surface area contributed by atoms with Crippen molar-refractivity contribution in [2.24, 2.45) is 5.92 Å². The molecule has 1 aliphatic heterocycles. The largest absolute Gasteiger partial charge is 0.481 e. The summed E-state index contributed by atoms with van der Waals surface area (Å²) in [5.41, 5.74) is 1.31. The van der Waals surface area contributed by atoms with Gasteiger partial charge in [0.15, 0.2) is 0 Å². The molecule has 2 aromatic heterocycles. The molecule has 0 bridgehead atoms. The van der Waals surface area contributed by atoms with Gasteiger partial charge in [-0.2, -0.15) is 0 Å². The van der Waals surface area contributed by atoms with Gasteiger partial charge in [-0.3, -0.25) is 4.79 Å². The zero-order valence-corrected chi connectivity index (χ0v) is 14.6. The summed E-state index contributed by atoms with van der Waals surface area (Å²) in [4.78, 5) is 16.0. The van der Waals surface area contributed by atoms with Crippen LogP contribution in [-0.2, 0) is 4.79 Å². The van der Waals surface area contributed by atoms with Crippen molar-refractivity contribution in [2.45, 2.75) is 19.3 Å². The van der Waals surface area contributed by atoms with Gasteiger partial charge >= 0.3 is 5.97 Å². The first kappa shape index (κ1) is 16.4. The Hall–Kier alpha value is -1.43. The summed E-state index contributed by atoms with van der Waals surface area (Å²) in [6, 6.07) is 8.50. The van der Waals surface area contributed by atoms with E-state index in [1.165, 1.54) is 15.3 Å². The van der Waals surface area contributed by atoms with Crippen molar-refractivity contribution in [1.29, 1.82) is 0 Å². The third kappa shape index (κ3) is 4.31. The maximum atomic E-state index is 11.2. The number of hydrogen-bond acceptors (Lipinski definition) is 4. The highest BCUT2D eigenvalue weighted by Crippen LogP contribution is 2.30. The summed E-state index contributed by atoms with van der Waals surface area (Å²) in [6.45, 7) is 2.64. The van der Waals surface area contributed by atoms with Crippen LogP contribution in [0.4, 0.5) is 0 Å². The van der Waals surface area contributed by atoms with Crippen LogP contribution in [0.2, 0.25) is 0 Å². The fraction of sp³-hybridized carbons (Fsp3) is 0.389. The maximum Gasteiger partial charge on any atom is 0.307 e. The topological polar surface area (TPSA) is 40.5 Å². The Morgan fingerprint density at radius 2 is 1.96 bits per heavy atom. The molecule has 5 heteroatoms. The molecule has 3 nitrogen and oxygen atoms in total. The van der Waals surface area contributed by atoms with Crippen LogP contribution in [-0.4, -0.2) is 35.6 Å². The molecule has 1 atom stereocenters.